The highest BCUT2D eigenvalue weighted by molar-refractivity contribution is 7.20. The van der Waals surface area contributed by atoms with Gasteiger partial charge in [-0.3, -0.25) is 14.9 Å². The van der Waals surface area contributed by atoms with E-state index in [1.54, 1.807) is 17.5 Å². The lowest BCUT2D eigenvalue weighted by Gasteiger charge is -2.03. The molecule has 7 nitrogen and oxygen atoms in total. The maximum absolute atomic E-state index is 13.7. The number of thiazole rings is 1. The second kappa shape index (κ2) is 8.23. The molecule has 3 aromatic rings. The maximum atomic E-state index is 13.7. The van der Waals surface area contributed by atoms with Crippen molar-refractivity contribution in [3.8, 4) is 0 Å². The van der Waals surface area contributed by atoms with Crippen LogP contribution in [0.4, 0.5) is 9.52 Å². The van der Waals surface area contributed by atoms with E-state index in [2.05, 4.69) is 15.0 Å². The fourth-order valence-electron chi connectivity index (χ4n) is 2.15. The summed E-state index contributed by atoms with van der Waals surface area (Å²) in [6.45, 7) is -0.512. The van der Waals surface area contributed by atoms with Crippen LogP contribution in [0.2, 0.25) is 0 Å². The van der Waals surface area contributed by atoms with Crippen LogP contribution in [0.5, 0.6) is 0 Å². The van der Waals surface area contributed by atoms with Crippen molar-refractivity contribution >= 4 is 55.7 Å². The van der Waals surface area contributed by atoms with Crippen LogP contribution in [0.3, 0.4) is 0 Å². The van der Waals surface area contributed by atoms with Gasteiger partial charge in [0.15, 0.2) is 11.7 Å². The summed E-state index contributed by atoms with van der Waals surface area (Å²) in [6, 6.07) is 5.95. The number of benzene rings is 1. The summed E-state index contributed by atoms with van der Waals surface area (Å²) in [5.41, 5.74) is 0.464. The number of methoxy groups -OCH3 is 1. The topological polar surface area (TPSA) is 94.6 Å². The standard InChI is InChI=1S/C17H13FN2O5S2/c1-24-15(22)5-9-8-26-17(19-9)20-14(21)7-25-16(23)13-6-10-11(18)3-2-4-12(10)27-13/h2-4,6,8H,5,7H2,1H3,(H,19,20,21). The van der Waals surface area contributed by atoms with Crippen molar-refractivity contribution in [2.24, 2.45) is 0 Å². The van der Waals surface area contributed by atoms with Crippen molar-refractivity contribution in [3.63, 3.8) is 0 Å². The molecule has 0 saturated carbocycles. The maximum Gasteiger partial charge on any atom is 0.348 e. The SMILES string of the molecule is COC(=O)Cc1csc(NC(=O)COC(=O)c2cc3c(F)cccc3s2)n1. The van der Waals surface area contributed by atoms with Gasteiger partial charge in [0, 0.05) is 15.5 Å². The van der Waals surface area contributed by atoms with Crippen LogP contribution < -0.4 is 5.32 Å². The number of nitrogens with zero attached hydrogens (tertiary/aromatic N) is 1. The summed E-state index contributed by atoms with van der Waals surface area (Å²) in [4.78, 5) is 39.4. The molecular formula is C17H13FN2O5S2. The Bertz CT molecular complexity index is 1010. The van der Waals surface area contributed by atoms with Crippen LogP contribution in [0.15, 0.2) is 29.6 Å². The minimum Gasteiger partial charge on any atom is -0.469 e. The summed E-state index contributed by atoms with van der Waals surface area (Å²) < 4.78 is 23.8. The first-order valence-corrected chi connectivity index (χ1v) is 9.32. The van der Waals surface area contributed by atoms with E-state index in [4.69, 9.17) is 4.74 Å². The lowest BCUT2D eigenvalue weighted by atomic mass is 10.2. The number of rotatable bonds is 6. The van der Waals surface area contributed by atoms with Crippen LogP contribution in [0, 0.1) is 5.82 Å². The highest BCUT2D eigenvalue weighted by atomic mass is 32.1. The van der Waals surface area contributed by atoms with Crippen LogP contribution in [-0.2, 0) is 25.5 Å². The molecule has 0 aliphatic carbocycles. The quantitative estimate of drug-likeness (QED) is 0.630. The number of ether oxygens (including phenoxy) is 2. The Morgan fingerprint density at radius 2 is 2.11 bits per heavy atom. The number of fused-ring (bicyclic) bond motifs is 1. The van der Waals surface area contributed by atoms with Gasteiger partial charge in [0.05, 0.1) is 19.2 Å². The lowest BCUT2D eigenvalue weighted by Crippen LogP contribution is -2.20. The molecular weight excluding hydrogens is 395 g/mol. The molecule has 0 bridgehead atoms. The molecule has 1 aromatic carbocycles. The molecule has 27 heavy (non-hydrogen) atoms. The first-order valence-electron chi connectivity index (χ1n) is 7.62. The number of hydrogen-bond donors (Lipinski definition) is 1. The Morgan fingerprint density at radius 1 is 1.30 bits per heavy atom. The summed E-state index contributed by atoms with van der Waals surface area (Å²) >= 11 is 2.22. The Morgan fingerprint density at radius 3 is 2.85 bits per heavy atom. The van der Waals surface area contributed by atoms with Gasteiger partial charge in [-0.2, -0.15) is 0 Å². The largest absolute Gasteiger partial charge is 0.469 e. The monoisotopic (exact) mass is 408 g/mol. The minimum absolute atomic E-state index is 0.000350. The van der Waals surface area contributed by atoms with Gasteiger partial charge in [-0.25, -0.2) is 14.2 Å². The predicted octanol–water partition coefficient (Wildman–Crippen LogP) is 3.01. The van der Waals surface area contributed by atoms with Crippen LogP contribution in [0.1, 0.15) is 15.4 Å². The first-order chi connectivity index (χ1) is 13.0. The molecule has 0 unspecified atom stereocenters. The molecule has 0 saturated heterocycles. The first kappa shape index (κ1) is 18.9. The van der Waals surface area contributed by atoms with Gasteiger partial charge in [-0.1, -0.05) is 6.07 Å². The van der Waals surface area contributed by atoms with E-state index < -0.39 is 30.3 Å². The zero-order valence-corrected chi connectivity index (χ0v) is 15.6. The zero-order chi connectivity index (χ0) is 19.4. The number of nitrogens with one attached hydrogen (secondary N) is 1. The molecule has 0 radical (unpaired) electrons. The van der Waals surface area contributed by atoms with E-state index in [9.17, 15) is 18.8 Å². The Kier molecular flexibility index (Phi) is 5.77. The molecule has 1 N–H and O–H groups in total. The van der Waals surface area contributed by atoms with Gasteiger partial charge in [-0.05, 0) is 18.2 Å². The second-order valence-electron chi connectivity index (χ2n) is 5.28. The molecule has 0 atom stereocenters. The van der Waals surface area contributed by atoms with E-state index in [1.165, 1.54) is 19.2 Å². The number of carbonyl (C=O) groups excluding carboxylic acids is 3. The Balaban J connectivity index is 1.54. The third kappa shape index (κ3) is 4.66. The third-order valence-electron chi connectivity index (χ3n) is 3.40. The number of aromatic nitrogens is 1. The summed E-state index contributed by atoms with van der Waals surface area (Å²) in [5.74, 6) is -2.15. The van der Waals surface area contributed by atoms with E-state index in [-0.39, 0.29) is 16.4 Å². The fourth-order valence-corrected chi connectivity index (χ4v) is 3.84. The summed E-state index contributed by atoms with van der Waals surface area (Å²) in [5, 5.41) is 4.70. The number of amides is 1. The van der Waals surface area contributed by atoms with Crippen molar-refractivity contribution in [3.05, 3.63) is 46.0 Å². The van der Waals surface area contributed by atoms with Crippen molar-refractivity contribution in [1.82, 2.24) is 4.98 Å². The second-order valence-corrected chi connectivity index (χ2v) is 7.23. The molecule has 0 spiro atoms. The van der Waals surface area contributed by atoms with Crippen LogP contribution in [0.25, 0.3) is 10.1 Å². The normalized spacial score (nSPS) is 10.6. The van der Waals surface area contributed by atoms with Crippen LogP contribution >= 0.6 is 22.7 Å². The summed E-state index contributed by atoms with van der Waals surface area (Å²) in [7, 11) is 1.27. The molecule has 3 rings (SSSR count). The van der Waals surface area contributed by atoms with E-state index in [1.807, 2.05) is 0 Å². The molecule has 0 aliphatic rings. The highest BCUT2D eigenvalue weighted by Gasteiger charge is 2.16. The van der Waals surface area contributed by atoms with Gasteiger partial charge in [0.25, 0.3) is 5.91 Å². The van der Waals surface area contributed by atoms with Crippen molar-refractivity contribution in [1.29, 1.82) is 0 Å². The predicted molar refractivity (Wildman–Crippen MR) is 98.5 cm³/mol. The molecule has 10 heteroatoms. The molecule has 0 aliphatic heterocycles. The lowest BCUT2D eigenvalue weighted by molar-refractivity contribution is -0.139. The fraction of sp³-hybridized carbons (Fsp3) is 0.176. The Labute approximate surface area is 160 Å². The number of thiophene rings is 1. The van der Waals surface area contributed by atoms with Gasteiger partial charge in [0.2, 0.25) is 0 Å². The minimum atomic E-state index is -0.712. The van der Waals surface area contributed by atoms with Crippen molar-refractivity contribution in [2.45, 2.75) is 6.42 Å². The highest BCUT2D eigenvalue weighted by Crippen LogP contribution is 2.28. The van der Waals surface area contributed by atoms with Gasteiger partial charge < -0.3 is 9.47 Å². The number of anilines is 1. The number of hydrogen-bond acceptors (Lipinski definition) is 8. The molecule has 2 aromatic heterocycles. The van der Waals surface area contributed by atoms with Gasteiger partial charge in [-0.15, -0.1) is 22.7 Å². The number of esters is 2. The summed E-state index contributed by atoms with van der Waals surface area (Å²) in [6.07, 6.45) is 0.000350. The smallest absolute Gasteiger partial charge is 0.348 e. The number of carbonyl (C=O) groups is 3. The molecule has 140 valence electrons. The van der Waals surface area contributed by atoms with Gasteiger partial charge >= 0.3 is 11.9 Å². The molecule has 0 fully saturated rings. The van der Waals surface area contributed by atoms with E-state index >= 15 is 0 Å². The third-order valence-corrected chi connectivity index (χ3v) is 5.28. The van der Waals surface area contributed by atoms with E-state index in [0.29, 0.717) is 15.8 Å². The van der Waals surface area contributed by atoms with Crippen LogP contribution in [-0.4, -0.2) is 36.5 Å². The Hall–Kier alpha value is -2.85. The van der Waals surface area contributed by atoms with Crippen molar-refractivity contribution < 1.29 is 28.2 Å². The zero-order valence-electron chi connectivity index (χ0n) is 14.0. The van der Waals surface area contributed by atoms with E-state index in [0.717, 1.165) is 22.7 Å². The van der Waals surface area contributed by atoms with Gasteiger partial charge in [0.1, 0.15) is 10.7 Å². The number of halogens is 1. The average Bonchev–Trinajstić information content (AvgIpc) is 3.27. The molecule has 1 amide bonds. The average molecular weight is 408 g/mol. The van der Waals surface area contributed by atoms with Crippen molar-refractivity contribution in [2.75, 3.05) is 19.0 Å². The molecule has 2 heterocycles.